The molecule has 0 unspecified atom stereocenters. The lowest BCUT2D eigenvalue weighted by Gasteiger charge is -2.27. The summed E-state index contributed by atoms with van der Waals surface area (Å²) in [4.78, 5) is 0. The van der Waals surface area contributed by atoms with Crippen LogP contribution in [0.3, 0.4) is 0 Å². The molecular weight excluding hydrogens is 272 g/mol. The number of rotatable bonds is 2. The minimum atomic E-state index is -0.717. The van der Waals surface area contributed by atoms with Gasteiger partial charge < -0.3 is 31.9 Å². The fourth-order valence-electron chi connectivity index (χ4n) is 2.13. The van der Waals surface area contributed by atoms with Crippen molar-refractivity contribution in [1.82, 2.24) is 0 Å². The van der Waals surface area contributed by atoms with Crippen LogP contribution in [0.25, 0.3) is 0 Å². The predicted octanol–water partition coefficient (Wildman–Crippen LogP) is 2.00. The number of anilines is 2. The van der Waals surface area contributed by atoms with Crippen molar-refractivity contribution in [3.63, 3.8) is 0 Å². The number of hydrogen-bond acceptors (Lipinski definition) is 6. The molecule has 0 heterocycles. The average molecular weight is 290 g/mol. The summed E-state index contributed by atoms with van der Waals surface area (Å²) < 4.78 is 0. The van der Waals surface area contributed by atoms with E-state index in [2.05, 4.69) is 0 Å². The molecule has 6 heteroatoms. The summed E-state index contributed by atoms with van der Waals surface area (Å²) >= 11 is 0. The van der Waals surface area contributed by atoms with E-state index in [1.165, 1.54) is 24.3 Å². The van der Waals surface area contributed by atoms with Crippen molar-refractivity contribution < 1.29 is 20.4 Å². The lowest BCUT2D eigenvalue weighted by Crippen LogP contribution is -2.19. The Bertz CT molecular complexity index is 605. The van der Waals surface area contributed by atoms with E-state index in [0.29, 0.717) is 11.1 Å². The summed E-state index contributed by atoms with van der Waals surface area (Å²) in [5.74, 6) is -0.937. The van der Waals surface area contributed by atoms with Crippen molar-refractivity contribution in [2.75, 3.05) is 11.5 Å². The smallest absolute Gasteiger partial charge is 0.142 e. The zero-order valence-corrected chi connectivity index (χ0v) is 11.8. The first-order valence-electron chi connectivity index (χ1n) is 6.28. The van der Waals surface area contributed by atoms with Crippen LogP contribution in [-0.4, -0.2) is 20.4 Å². The van der Waals surface area contributed by atoms with Crippen molar-refractivity contribution in [3.8, 4) is 23.0 Å². The first-order chi connectivity index (χ1) is 9.64. The number of aromatic hydroxyl groups is 4. The van der Waals surface area contributed by atoms with E-state index in [4.69, 9.17) is 11.5 Å². The van der Waals surface area contributed by atoms with Gasteiger partial charge in [-0.25, -0.2) is 0 Å². The summed E-state index contributed by atoms with van der Waals surface area (Å²) in [6.45, 7) is 3.61. The zero-order valence-electron chi connectivity index (χ0n) is 11.8. The molecule has 0 saturated carbocycles. The summed E-state index contributed by atoms with van der Waals surface area (Å²) in [5.41, 5.74) is 11.2. The topological polar surface area (TPSA) is 133 Å². The Morgan fingerprint density at radius 1 is 0.667 bits per heavy atom. The third-order valence-corrected chi connectivity index (χ3v) is 3.72. The van der Waals surface area contributed by atoms with Crippen molar-refractivity contribution in [1.29, 1.82) is 0 Å². The van der Waals surface area contributed by atoms with E-state index in [-0.39, 0.29) is 34.4 Å². The standard InChI is InChI=1S/C15H18N2O4/c1-15(2,7-3-9(18)13(16)10(19)4-7)8-5-11(20)14(17)12(21)6-8/h3-6,18-21H,16-17H2,1-2H3. The molecule has 0 aliphatic rings. The highest BCUT2D eigenvalue weighted by molar-refractivity contribution is 5.67. The second kappa shape index (κ2) is 4.66. The van der Waals surface area contributed by atoms with E-state index in [0.717, 1.165) is 0 Å². The SMILES string of the molecule is CC(C)(c1cc(O)c(N)c(O)c1)c1cc(O)c(N)c(O)c1. The van der Waals surface area contributed by atoms with Crippen molar-refractivity contribution in [3.05, 3.63) is 35.4 Å². The van der Waals surface area contributed by atoms with Crippen LogP contribution in [0, 0.1) is 0 Å². The Kier molecular flexibility index (Phi) is 3.25. The Labute approximate surface area is 121 Å². The molecule has 0 aromatic heterocycles. The third kappa shape index (κ3) is 2.35. The molecular formula is C15H18N2O4. The maximum Gasteiger partial charge on any atom is 0.142 e. The monoisotopic (exact) mass is 290 g/mol. The molecule has 21 heavy (non-hydrogen) atoms. The van der Waals surface area contributed by atoms with Crippen molar-refractivity contribution >= 4 is 11.4 Å². The molecule has 8 N–H and O–H groups in total. The molecule has 0 aliphatic carbocycles. The van der Waals surface area contributed by atoms with E-state index in [1.807, 2.05) is 13.8 Å². The summed E-state index contributed by atoms with van der Waals surface area (Å²) in [6, 6.07) is 5.72. The van der Waals surface area contributed by atoms with Crippen LogP contribution < -0.4 is 11.5 Å². The second-order valence-corrected chi connectivity index (χ2v) is 5.48. The van der Waals surface area contributed by atoms with Gasteiger partial charge in [0, 0.05) is 5.41 Å². The van der Waals surface area contributed by atoms with Crippen LogP contribution in [-0.2, 0) is 5.41 Å². The van der Waals surface area contributed by atoms with Crippen LogP contribution in [0.15, 0.2) is 24.3 Å². The highest BCUT2D eigenvalue weighted by atomic mass is 16.3. The normalized spacial score (nSPS) is 11.5. The van der Waals surface area contributed by atoms with E-state index in [1.54, 1.807) is 0 Å². The Morgan fingerprint density at radius 3 is 1.14 bits per heavy atom. The van der Waals surface area contributed by atoms with Gasteiger partial charge in [-0.15, -0.1) is 0 Å². The Hall–Kier alpha value is -2.76. The van der Waals surface area contributed by atoms with Crippen LogP contribution in [0.5, 0.6) is 23.0 Å². The van der Waals surface area contributed by atoms with Gasteiger partial charge >= 0.3 is 0 Å². The molecule has 112 valence electrons. The molecule has 0 atom stereocenters. The van der Waals surface area contributed by atoms with E-state index in [9.17, 15) is 20.4 Å². The highest BCUT2D eigenvalue weighted by Gasteiger charge is 2.27. The van der Waals surface area contributed by atoms with Gasteiger partial charge in [0.25, 0.3) is 0 Å². The Morgan fingerprint density at radius 2 is 0.905 bits per heavy atom. The quantitative estimate of drug-likeness (QED) is 0.370. The van der Waals surface area contributed by atoms with Gasteiger partial charge in [0.1, 0.15) is 34.4 Å². The maximum atomic E-state index is 9.74. The van der Waals surface area contributed by atoms with Gasteiger partial charge in [-0.2, -0.15) is 0 Å². The highest BCUT2D eigenvalue weighted by Crippen LogP contribution is 2.42. The van der Waals surface area contributed by atoms with Gasteiger partial charge in [0.2, 0.25) is 0 Å². The van der Waals surface area contributed by atoms with Gasteiger partial charge in [-0.1, -0.05) is 13.8 Å². The molecule has 2 aromatic rings. The first kappa shape index (κ1) is 14.6. The first-order valence-corrected chi connectivity index (χ1v) is 6.28. The summed E-state index contributed by atoms with van der Waals surface area (Å²) in [7, 11) is 0. The van der Waals surface area contributed by atoms with Crippen LogP contribution in [0.4, 0.5) is 11.4 Å². The van der Waals surface area contributed by atoms with Gasteiger partial charge in [-0.3, -0.25) is 0 Å². The van der Waals surface area contributed by atoms with Crippen LogP contribution in [0.2, 0.25) is 0 Å². The number of hydrogen-bond donors (Lipinski definition) is 6. The molecule has 0 amide bonds. The predicted molar refractivity (Wildman–Crippen MR) is 80.5 cm³/mol. The second-order valence-electron chi connectivity index (χ2n) is 5.48. The Balaban J connectivity index is 2.61. The van der Waals surface area contributed by atoms with Gasteiger partial charge in [0.05, 0.1) is 0 Å². The number of phenolic OH excluding ortho intramolecular Hbond substituents is 4. The maximum absolute atomic E-state index is 9.74. The number of nitrogen functional groups attached to an aromatic ring is 2. The molecule has 2 aromatic carbocycles. The van der Waals surface area contributed by atoms with Gasteiger partial charge in [0.15, 0.2) is 0 Å². The molecule has 0 saturated heterocycles. The number of phenols is 4. The number of nitrogens with two attached hydrogens (primary N) is 2. The fraction of sp³-hybridized carbons (Fsp3) is 0.200. The summed E-state index contributed by atoms with van der Waals surface area (Å²) in [5, 5.41) is 39.0. The largest absolute Gasteiger partial charge is 0.506 e. The van der Waals surface area contributed by atoms with E-state index < -0.39 is 5.41 Å². The molecule has 0 spiro atoms. The van der Waals surface area contributed by atoms with Crippen LogP contribution >= 0.6 is 0 Å². The minimum Gasteiger partial charge on any atom is -0.506 e. The molecule has 2 rings (SSSR count). The van der Waals surface area contributed by atoms with Gasteiger partial charge in [-0.05, 0) is 35.4 Å². The third-order valence-electron chi connectivity index (χ3n) is 3.72. The van der Waals surface area contributed by atoms with Crippen molar-refractivity contribution in [2.45, 2.75) is 19.3 Å². The molecule has 0 aliphatic heterocycles. The number of benzene rings is 2. The fourth-order valence-corrected chi connectivity index (χ4v) is 2.13. The lowest BCUT2D eigenvalue weighted by molar-refractivity contribution is 0.447. The molecule has 6 nitrogen and oxygen atoms in total. The van der Waals surface area contributed by atoms with E-state index >= 15 is 0 Å². The average Bonchev–Trinajstić information content (AvgIpc) is 2.40. The minimum absolute atomic E-state index is 0.0995. The molecule has 0 fully saturated rings. The molecule has 0 radical (unpaired) electrons. The molecule has 0 bridgehead atoms. The van der Waals surface area contributed by atoms with Crippen molar-refractivity contribution in [2.24, 2.45) is 0 Å². The lowest BCUT2D eigenvalue weighted by atomic mass is 9.77. The zero-order chi connectivity index (χ0) is 15.9. The van der Waals surface area contributed by atoms with Crippen LogP contribution in [0.1, 0.15) is 25.0 Å². The summed E-state index contributed by atoms with van der Waals surface area (Å²) in [6.07, 6.45) is 0.